The SMILES string of the molecule is CC1=C(C)C2=[C]([Zr+3])c3cc(Br)ccc3C2O1.[Cl-].[Cl-].[Cl-]. The van der Waals surface area contributed by atoms with E-state index in [4.69, 9.17) is 4.74 Å². The average molecular weight is 460 g/mol. The third-order valence-corrected chi connectivity index (χ3v) is 5.14. The van der Waals surface area contributed by atoms with E-state index in [1.807, 2.05) is 0 Å². The smallest absolute Gasteiger partial charge is 1.00 e. The molecule has 1 heterocycles. The zero-order valence-corrected chi connectivity index (χ0v) is 16.5. The van der Waals surface area contributed by atoms with Gasteiger partial charge in [-0.05, 0) is 0 Å². The Morgan fingerprint density at radius 2 is 1.79 bits per heavy atom. The van der Waals surface area contributed by atoms with Gasteiger partial charge in [-0.15, -0.1) is 0 Å². The third kappa shape index (κ3) is 3.01. The largest absolute Gasteiger partial charge is 1.00 e. The molecule has 0 aromatic heterocycles. The fourth-order valence-electron chi connectivity index (χ4n) is 2.37. The van der Waals surface area contributed by atoms with Crippen LogP contribution in [0.1, 0.15) is 31.1 Å². The molecule has 1 atom stereocenters. The van der Waals surface area contributed by atoms with Crippen molar-refractivity contribution in [2.24, 2.45) is 0 Å². The maximum atomic E-state index is 5.96. The number of ether oxygens (including phenoxy) is 1. The van der Waals surface area contributed by atoms with Gasteiger partial charge in [0.15, 0.2) is 0 Å². The Morgan fingerprint density at radius 1 is 1.16 bits per heavy atom. The van der Waals surface area contributed by atoms with Gasteiger partial charge in [-0.25, -0.2) is 0 Å². The Morgan fingerprint density at radius 3 is 2.42 bits per heavy atom. The number of rotatable bonds is 0. The quantitative estimate of drug-likeness (QED) is 0.378. The van der Waals surface area contributed by atoms with Gasteiger partial charge in [-0.1, -0.05) is 0 Å². The Bertz CT molecular complexity index is 569. The molecule has 1 aliphatic heterocycles. The van der Waals surface area contributed by atoms with Crippen LogP contribution in [-0.2, 0) is 29.5 Å². The molecule has 0 saturated heterocycles. The molecule has 1 aromatic carbocycles. The first kappa shape index (κ1) is 19.7. The molecule has 1 unspecified atom stereocenters. The summed E-state index contributed by atoms with van der Waals surface area (Å²) in [6.45, 7) is 4.22. The van der Waals surface area contributed by atoms with E-state index in [2.05, 4.69) is 48.0 Å². The van der Waals surface area contributed by atoms with Gasteiger partial charge in [-0.2, -0.15) is 0 Å². The maximum Gasteiger partial charge on any atom is -1.00 e. The summed E-state index contributed by atoms with van der Waals surface area (Å²) < 4.78 is 8.55. The Labute approximate surface area is 155 Å². The van der Waals surface area contributed by atoms with Crippen molar-refractivity contribution >= 4 is 19.2 Å². The second-order valence-corrected chi connectivity index (χ2v) is 6.34. The van der Waals surface area contributed by atoms with Crippen LogP contribution in [0.2, 0.25) is 0 Å². The molecule has 0 saturated carbocycles. The van der Waals surface area contributed by atoms with Crippen molar-refractivity contribution in [1.29, 1.82) is 0 Å². The number of allylic oxidation sites excluding steroid dienone is 1. The van der Waals surface area contributed by atoms with E-state index < -0.39 is 0 Å². The molecule has 2 aliphatic rings. The molecule has 0 radical (unpaired) electrons. The van der Waals surface area contributed by atoms with Crippen LogP contribution in [0, 0.1) is 0 Å². The molecule has 1 aromatic rings. The summed E-state index contributed by atoms with van der Waals surface area (Å²) in [4.78, 5) is 0. The summed E-state index contributed by atoms with van der Waals surface area (Å²) in [5.41, 5.74) is 5.41. The number of benzene rings is 1. The average Bonchev–Trinajstić information content (AvgIpc) is 2.67. The molecule has 1 nitrogen and oxygen atoms in total. The van der Waals surface area contributed by atoms with Gasteiger partial charge in [0.2, 0.25) is 0 Å². The van der Waals surface area contributed by atoms with Gasteiger partial charge in [-0.3, -0.25) is 0 Å². The molecule has 19 heavy (non-hydrogen) atoms. The summed E-state index contributed by atoms with van der Waals surface area (Å²) in [6.07, 6.45) is 0.164. The first-order valence-corrected chi connectivity index (χ1v) is 7.22. The Kier molecular flexibility index (Phi) is 7.41. The van der Waals surface area contributed by atoms with Crippen molar-refractivity contribution in [2.75, 3.05) is 0 Å². The van der Waals surface area contributed by atoms with E-state index in [9.17, 15) is 0 Å². The van der Waals surface area contributed by atoms with E-state index in [1.54, 1.807) is 0 Å². The number of hydrogen-bond acceptors (Lipinski definition) is 1. The summed E-state index contributed by atoms with van der Waals surface area (Å²) in [5, 5.41) is 0. The van der Waals surface area contributed by atoms with Gasteiger partial charge < -0.3 is 37.2 Å². The first-order valence-electron chi connectivity index (χ1n) is 5.19. The third-order valence-electron chi connectivity index (χ3n) is 3.33. The molecular formula is C13H10BrCl3OZr. The van der Waals surface area contributed by atoms with E-state index in [0.717, 1.165) is 10.2 Å². The summed E-state index contributed by atoms with van der Waals surface area (Å²) in [7, 11) is 0. The van der Waals surface area contributed by atoms with Crippen LogP contribution in [-0.4, -0.2) is 0 Å². The van der Waals surface area contributed by atoms with Crippen molar-refractivity contribution in [1.82, 2.24) is 0 Å². The van der Waals surface area contributed by atoms with Gasteiger partial charge in [0.1, 0.15) is 0 Å². The van der Waals surface area contributed by atoms with Crippen LogP contribution in [0.3, 0.4) is 0 Å². The number of fused-ring (bicyclic) bond motifs is 3. The van der Waals surface area contributed by atoms with E-state index >= 15 is 0 Å². The van der Waals surface area contributed by atoms with E-state index in [0.29, 0.717) is 0 Å². The van der Waals surface area contributed by atoms with Crippen molar-refractivity contribution in [3.05, 3.63) is 50.7 Å². The zero-order valence-electron chi connectivity index (χ0n) is 10.2. The zero-order chi connectivity index (χ0) is 11.4. The molecule has 0 N–H and O–H groups in total. The second kappa shape index (κ2) is 7.14. The Hall–Kier alpha value is 0.733. The van der Waals surface area contributed by atoms with Gasteiger partial charge in [0, 0.05) is 0 Å². The topological polar surface area (TPSA) is 9.23 Å². The minimum absolute atomic E-state index is 0. The second-order valence-electron chi connectivity index (χ2n) is 4.20. The minimum Gasteiger partial charge on any atom is -1.00 e. The minimum atomic E-state index is 0. The van der Waals surface area contributed by atoms with Crippen LogP contribution < -0.4 is 37.2 Å². The van der Waals surface area contributed by atoms with Crippen LogP contribution in [0.15, 0.2) is 39.6 Å². The maximum absolute atomic E-state index is 5.96. The number of halogens is 4. The van der Waals surface area contributed by atoms with Crippen LogP contribution >= 0.6 is 15.9 Å². The molecular weight excluding hydrogens is 450 g/mol. The molecule has 0 bridgehead atoms. The molecule has 6 heteroatoms. The van der Waals surface area contributed by atoms with Gasteiger partial charge in [0.05, 0.1) is 0 Å². The van der Waals surface area contributed by atoms with Crippen molar-refractivity contribution in [2.45, 2.75) is 20.0 Å². The normalized spacial score (nSPS) is 18.9. The predicted molar refractivity (Wildman–Crippen MR) is 63.3 cm³/mol. The molecule has 0 fully saturated rings. The van der Waals surface area contributed by atoms with Crippen LogP contribution in [0.25, 0.3) is 3.28 Å². The summed E-state index contributed by atoms with van der Waals surface area (Å²) >= 11 is 5.00. The van der Waals surface area contributed by atoms with E-state index in [1.165, 1.54) is 50.3 Å². The monoisotopic (exact) mass is 456 g/mol. The molecule has 0 amide bonds. The summed E-state index contributed by atoms with van der Waals surface area (Å²) in [5.74, 6) is 1.08. The summed E-state index contributed by atoms with van der Waals surface area (Å²) in [6, 6.07) is 6.47. The van der Waals surface area contributed by atoms with Crippen LogP contribution in [0.4, 0.5) is 0 Å². The molecule has 3 rings (SSSR count). The van der Waals surface area contributed by atoms with Gasteiger partial charge in [0.25, 0.3) is 0 Å². The van der Waals surface area contributed by atoms with Crippen molar-refractivity contribution in [3.8, 4) is 0 Å². The predicted octanol–water partition coefficient (Wildman–Crippen LogP) is -4.90. The molecule has 1 aliphatic carbocycles. The Balaban J connectivity index is 0.00000108. The molecule has 100 valence electrons. The molecule has 0 spiro atoms. The van der Waals surface area contributed by atoms with Gasteiger partial charge >= 0.3 is 119 Å². The van der Waals surface area contributed by atoms with Crippen LogP contribution in [0.5, 0.6) is 0 Å². The fourth-order valence-corrected chi connectivity index (χ4v) is 4.04. The number of hydrogen-bond donors (Lipinski definition) is 0. The van der Waals surface area contributed by atoms with E-state index in [-0.39, 0.29) is 43.3 Å². The van der Waals surface area contributed by atoms with Crippen molar-refractivity contribution in [3.63, 3.8) is 0 Å². The standard InChI is InChI=1S/C13H10BrO.3ClH.Zr/c1-7-8(2)15-13-11-4-3-10(14)5-9(11)6-12(7)13;;;;/h3-5,13H,1-2H3;3*1H;/q;;;;+3/p-3. The first-order chi connectivity index (χ1) is 7.59. The van der Waals surface area contributed by atoms with Crippen molar-refractivity contribution < 1.29 is 66.7 Å². The fraction of sp³-hybridized carbons (Fsp3) is 0.231.